The summed E-state index contributed by atoms with van der Waals surface area (Å²) in [4.78, 5) is 16.4. The van der Waals surface area contributed by atoms with Crippen molar-refractivity contribution in [3.63, 3.8) is 0 Å². The van der Waals surface area contributed by atoms with Crippen LogP contribution in [-0.2, 0) is 11.0 Å². The SMILES string of the molecule is COc1nc(NS(=O)c2c[nH]c(-c3nccs3)c2)nc(OC)c1C1CC1C#N. The van der Waals surface area contributed by atoms with Gasteiger partial charge in [0.05, 0.1) is 42.4 Å². The van der Waals surface area contributed by atoms with Crippen molar-refractivity contribution in [2.24, 2.45) is 5.92 Å². The van der Waals surface area contributed by atoms with Gasteiger partial charge in [-0.15, -0.1) is 11.3 Å². The lowest BCUT2D eigenvalue weighted by atomic mass is 10.1. The minimum atomic E-state index is -1.60. The van der Waals surface area contributed by atoms with Crippen LogP contribution in [0.3, 0.4) is 0 Å². The highest BCUT2D eigenvalue weighted by molar-refractivity contribution is 7.86. The Morgan fingerprint density at radius 3 is 2.68 bits per heavy atom. The summed E-state index contributed by atoms with van der Waals surface area (Å²) in [5, 5.41) is 11.8. The summed E-state index contributed by atoms with van der Waals surface area (Å²) in [5.74, 6) is 0.628. The van der Waals surface area contributed by atoms with E-state index in [9.17, 15) is 4.21 Å². The molecule has 1 fully saturated rings. The highest BCUT2D eigenvalue weighted by Gasteiger charge is 2.43. The van der Waals surface area contributed by atoms with E-state index in [0.717, 1.165) is 10.7 Å². The molecule has 0 radical (unpaired) electrons. The van der Waals surface area contributed by atoms with Crippen molar-refractivity contribution in [1.82, 2.24) is 19.9 Å². The molecule has 1 saturated carbocycles. The molecule has 3 unspecified atom stereocenters. The molecule has 0 bridgehead atoms. The minimum absolute atomic E-state index is 0.0139. The van der Waals surface area contributed by atoms with Crippen LogP contribution in [0.15, 0.2) is 28.7 Å². The molecule has 3 aromatic rings. The van der Waals surface area contributed by atoms with Crippen LogP contribution in [0.2, 0.25) is 0 Å². The van der Waals surface area contributed by atoms with E-state index < -0.39 is 11.0 Å². The third-order valence-corrected chi connectivity index (χ3v) is 6.14. The fourth-order valence-corrected chi connectivity index (χ4v) is 4.25. The van der Waals surface area contributed by atoms with Gasteiger partial charge in [-0.05, 0) is 12.5 Å². The van der Waals surface area contributed by atoms with Crippen molar-refractivity contribution in [2.75, 3.05) is 18.9 Å². The number of methoxy groups -OCH3 is 2. The lowest BCUT2D eigenvalue weighted by Crippen LogP contribution is -2.10. The van der Waals surface area contributed by atoms with Gasteiger partial charge in [0.2, 0.25) is 17.7 Å². The average Bonchev–Trinajstić information content (AvgIpc) is 3.10. The van der Waals surface area contributed by atoms with E-state index in [1.807, 2.05) is 5.38 Å². The van der Waals surface area contributed by atoms with E-state index in [0.29, 0.717) is 28.6 Å². The standard InChI is InChI=1S/C17H16N6O3S2/c1-25-14-13(11-5-9(11)7-18)15(26-2)22-17(21-14)23-28(24)10-6-12(20-8-10)16-19-3-4-27-16/h3-4,6,8-9,11,20H,5H2,1-2H3,(H,21,22,23). The molecule has 144 valence electrons. The summed E-state index contributed by atoms with van der Waals surface area (Å²) < 4.78 is 26.2. The first-order valence-electron chi connectivity index (χ1n) is 8.30. The quantitative estimate of drug-likeness (QED) is 0.606. The second-order valence-corrected chi connectivity index (χ2v) is 8.12. The number of ether oxygens (including phenoxy) is 2. The molecule has 1 aliphatic carbocycles. The minimum Gasteiger partial charge on any atom is -0.481 e. The third kappa shape index (κ3) is 3.44. The number of nitriles is 1. The van der Waals surface area contributed by atoms with Gasteiger partial charge in [0.1, 0.15) is 5.01 Å². The molecule has 4 rings (SSSR count). The molecular weight excluding hydrogens is 400 g/mol. The zero-order chi connectivity index (χ0) is 19.7. The van der Waals surface area contributed by atoms with Crippen LogP contribution in [0.5, 0.6) is 11.8 Å². The highest BCUT2D eigenvalue weighted by atomic mass is 32.2. The average molecular weight is 416 g/mol. The Balaban J connectivity index is 1.58. The van der Waals surface area contributed by atoms with Gasteiger partial charge in [-0.2, -0.15) is 15.2 Å². The third-order valence-electron chi connectivity index (χ3n) is 4.31. The van der Waals surface area contributed by atoms with Gasteiger partial charge in [0.25, 0.3) is 0 Å². The van der Waals surface area contributed by atoms with Crippen molar-refractivity contribution in [1.29, 1.82) is 5.26 Å². The van der Waals surface area contributed by atoms with E-state index in [1.165, 1.54) is 25.6 Å². The van der Waals surface area contributed by atoms with E-state index in [-0.39, 0.29) is 17.8 Å². The molecular formula is C17H16N6O3S2. The monoisotopic (exact) mass is 416 g/mol. The van der Waals surface area contributed by atoms with Gasteiger partial charge >= 0.3 is 0 Å². The zero-order valence-corrected chi connectivity index (χ0v) is 16.6. The molecule has 9 nitrogen and oxygen atoms in total. The number of nitrogens with zero attached hydrogens (tertiary/aromatic N) is 4. The van der Waals surface area contributed by atoms with Crippen molar-refractivity contribution in [3.05, 3.63) is 29.4 Å². The molecule has 28 heavy (non-hydrogen) atoms. The summed E-state index contributed by atoms with van der Waals surface area (Å²) in [7, 11) is 1.38. The molecule has 0 aliphatic heterocycles. The van der Waals surface area contributed by atoms with Crippen LogP contribution >= 0.6 is 11.3 Å². The topological polar surface area (TPSA) is 126 Å². The second-order valence-electron chi connectivity index (χ2n) is 6.01. The number of anilines is 1. The van der Waals surface area contributed by atoms with Crippen molar-refractivity contribution < 1.29 is 13.7 Å². The number of thiazole rings is 1. The molecule has 3 atom stereocenters. The number of nitrogens with one attached hydrogen (secondary N) is 2. The van der Waals surface area contributed by atoms with Crippen molar-refractivity contribution >= 4 is 28.3 Å². The maximum absolute atomic E-state index is 12.7. The Morgan fingerprint density at radius 2 is 2.11 bits per heavy atom. The fourth-order valence-electron chi connectivity index (χ4n) is 2.86. The smallest absolute Gasteiger partial charge is 0.241 e. The summed E-state index contributed by atoms with van der Waals surface area (Å²) in [6.07, 6.45) is 4.07. The van der Waals surface area contributed by atoms with Crippen LogP contribution in [0.1, 0.15) is 17.9 Å². The van der Waals surface area contributed by atoms with Gasteiger partial charge in [0, 0.05) is 23.7 Å². The van der Waals surface area contributed by atoms with Crippen LogP contribution in [0, 0.1) is 17.2 Å². The Kier molecular flexibility index (Phi) is 4.97. The predicted octanol–water partition coefficient (Wildman–Crippen LogP) is 2.71. The van der Waals surface area contributed by atoms with E-state index >= 15 is 0 Å². The molecule has 3 aromatic heterocycles. The normalized spacial score (nSPS) is 18.9. The van der Waals surface area contributed by atoms with Crippen LogP contribution in [0.25, 0.3) is 10.7 Å². The Morgan fingerprint density at radius 1 is 1.36 bits per heavy atom. The number of aromatic amines is 1. The molecule has 0 aromatic carbocycles. The Hall–Kier alpha value is -2.97. The molecule has 0 amide bonds. The van der Waals surface area contributed by atoms with Gasteiger partial charge in [-0.3, -0.25) is 4.72 Å². The number of H-pyrrole nitrogens is 1. The largest absolute Gasteiger partial charge is 0.481 e. The lowest BCUT2D eigenvalue weighted by molar-refractivity contribution is 0.363. The van der Waals surface area contributed by atoms with Gasteiger partial charge < -0.3 is 14.5 Å². The molecule has 2 N–H and O–H groups in total. The predicted molar refractivity (Wildman–Crippen MR) is 104 cm³/mol. The maximum Gasteiger partial charge on any atom is 0.241 e. The van der Waals surface area contributed by atoms with Crippen LogP contribution in [0.4, 0.5) is 5.95 Å². The van der Waals surface area contributed by atoms with E-state index in [4.69, 9.17) is 14.7 Å². The summed E-state index contributed by atoms with van der Waals surface area (Å²) in [6, 6.07) is 3.99. The molecule has 1 aliphatic rings. The Labute approximate surface area is 167 Å². The van der Waals surface area contributed by atoms with Crippen molar-refractivity contribution in [2.45, 2.75) is 17.2 Å². The number of rotatable bonds is 7. The summed E-state index contributed by atoms with van der Waals surface area (Å²) in [5.41, 5.74) is 1.45. The Bertz CT molecular complexity index is 1030. The molecule has 0 saturated heterocycles. The summed E-state index contributed by atoms with van der Waals surface area (Å²) in [6.45, 7) is 0. The molecule has 11 heteroatoms. The van der Waals surface area contributed by atoms with E-state index in [2.05, 4.69) is 30.7 Å². The van der Waals surface area contributed by atoms with Gasteiger partial charge in [-0.25, -0.2) is 9.19 Å². The van der Waals surface area contributed by atoms with Crippen LogP contribution in [-0.4, -0.2) is 38.4 Å². The number of aromatic nitrogens is 4. The molecule has 0 spiro atoms. The molecule has 3 heterocycles. The first-order valence-corrected chi connectivity index (χ1v) is 10.3. The number of hydrogen-bond donors (Lipinski definition) is 2. The second kappa shape index (κ2) is 7.57. The number of hydrogen-bond acceptors (Lipinski definition) is 8. The van der Waals surface area contributed by atoms with Crippen molar-refractivity contribution in [3.8, 4) is 28.5 Å². The highest BCUT2D eigenvalue weighted by Crippen LogP contribution is 2.52. The lowest BCUT2D eigenvalue weighted by Gasteiger charge is -2.13. The van der Waals surface area contributed by atoms with E-state index in [1.54, 1.807) is 18.5 Å². The summed E-state index contributed by atoms with van der Waals surface area (Å²) >= 11 is 1.48. The van der Waals surface area contributed by atoms with Gasteiger partial charge in [-0.1, -0.05) is 0 Å². The first kappa shape index (κ1) is 18.4. The van der Waals surface area contributed by atoms with Gasteiger partial charge in [0.15, 0.2) is 11.0 Å². The first-order chi connectivity index (χ1) is 13.6. The maximum atomic E-state index is 12.7. The zero-order valence-electron chi connectivity index (χ0n) is 15.0. The fraction of sp³-hybridized carbons (Fsp3) is 0.294. The van der Waals surface area contributed by atoms with Crippen LogP contribution < -0.4 is 14.2 Å².